The van der Waals surface area contributed by atoms with Crippen molar-refractivity contribution in [3.8, 4) is 17.2 Å². The van der Waals surface area contributed by atoms with Crippen molar-refractivity contribution in [2.24, 2.45) is 0 Å². The van der Waals surface area contributed by atoms with E-state index in [2.05, 4.69) is 6.08 Å². The van der Waals surface area contributed by atoms with E-state index in [4.69, 9.17) is 19.2 Å². The molecule has 3 aromatic carbocycles. The van der Waals surface area contributed by atoms with Crippen LogP contribution in [0.15, 0.2) is 72.8 Å². The van der Waals surface area contributed by atoms with Crippen molar-refractivity contribution in [2.45, 2.75) is 19.8 Å². The lowest BCUT2D eigenvalue weighted by Gasteiger charge is -2.13. The maximum absolute atomic E-state index is 13.3. The van der Waals surface area contributed by atoms with E-state index in [0.29, 0.717) is 24.3 Å². The molecule has 1 aliphatic carbocycles. The molecule has 4 aromatic rings. The molecule has 182 valence electrons. The number of allylic oxidation sites excluding steroid dienone is 1. The molecular weight excluding hydrogens is 454 g/mol. The monoisotopic (exact) mass is 481 g/mol. The second-order valence-electron chi connectivity index (χ2n) is 8.48. The van der Waals surface area contributed by atoms with Crippen LogP contribution >= 0.6 is 0 Å². The molecule has 0 unspecified atom stereocenters. The van der Waals surface area contributed by atoms with Gasteiger partial charge in [0.25, 0.3) is 0 Å². The number of aromatic nitrogens is 1. The van der Waals surface area contributed by atoms with Gasteiger partial charge in [0, 0.05) is 5.39 Å². The smallest absolute Gasteiger partial charge is 0.339 e. The molecule has 0 radical (unpaired) electrons. The highest BCUT2D eigenvalue weighted by Crippen LogP contribution is 2.38. The predicted molar refractivity (Wildman–Crippen MR) is 139 cm³/mol. The zero-order valence-electron chi connectivity index (χ0n) is 20.1. The van der Waals surface area contributed by atoms with Gasteiger partial charge in [0.05, 0.1) is 23.4 Å². The fourth-order valence-corrected chi connectivity index (χ4v) is 4.45. The van der Waals surface area contributed by atoms with Crippen LogP contribution in [0.2, 0.25) is 0 Å². The SMILES string of the molecule is CCOc1ccc(OCCOC(=O)c2c3c(nc4ccccc24)/C(=C/c2ccc(O)cc2)CC3)cc1. The van der Waals surface area contributed by atoms with E-state index < -0.39 is 0 Å². The molecule has 0 saturated carbocycles. The van der Waals surface area contributed by atoms with Crippen molar-refractivity contribution in [2.75, 3.05) is 19.8 Å². The van der Waals surface area contributed by atoms with Crippen LogP contribution in [0.3, 0.4) is 0 Å². The average molecular weight is 482 g/mol. The van der Waals surface area contributed by atoms with E-state index in [1.54, 1.807) is 12.1 Å². The van der Waals surface area contributed by atoms with Gasteiger partial charge in [0.2, 0.25) is 0 Å². The normalized spacial score (nSPS) is 13.5. The molecule has 1 N–H and O–H groups in total. The summed E-state index contributed by atoms with van der Waals surface area (Å²) >= 11 is 0. The van der Waals surface area contributed by atoms with Crippen molar-refractivity contribution in [1.29, 1.82) is 0 Å². The van der Waals surface area contributed by atoms with Crippen LogP contribution in [0.25, 0.3) is 22.6 Å². The van der Waals surface area contributed by atoms with E-state index in [9.17, 15) is 9.90 Å². The second-order valence-corrected chi connectivity index (χ2v) is 8.48. The molecule has 5 rings (SSSR count). The van der Waals surface area contributed by atoms with Crippen LogP contribution in [0.5, 0.6) is 17.2 Å². The van der Waals surface area contributed by atoms with E-state index in [0.717, 1.165) is 45.5 Å². The van der Waals surface area contributed by atoms with Crippen LogP contribution in [-0.2, 0) is 11.2 Å². The summed E-state index contributed by atoms with van der Waals surface area (Å²) in [4.78, 5) is 18.2. The first kappa shape index (κ1) is 23.4. The highest BCUT2D eigenvalue weighted by molar-refractivity contribution is 6.07. The van der Waals surface area contributed by atoms with Crippen LogP contribution in [0, 0.1) is 0 Å². The topological polar surface area (TPSA) is 77.9 Å². The largest absolute Gasteiger partial charge is 0.508 e. The third-order valence-electron chi connectivity index (χ3n) is 6.10. The summed E-state index contributed by atoms with van der Waals surface area (Å²) in [6.45, 7) is 2.93. The summed E-state index contributed by atoms with van der Waals surface area (Å²) in [5.74, 6) is 1.33. The first-order valence-corrected chi connectivity index (χ1v) is 12.1. The zero-order valence-corrected chi connectivity index (χ0v) is 20.1. The summed E-state index contributed by atoms with van der Waals surface area (Å²) in [7, 11) is 0. The Morgan fingerprint density at radius 1 is 0.917 bits per heavy atom. The number of esters is 1. The number of hydrogen-bond acceptors (Lipinski definition) is 6. The summed E-state index contributed by atoms with van der Waals surface area (Å²) in [6, 6.07) is 22.1. The molecule has 0 aliphatic heterocycles. The van der Waals surface area contributed by atoms with Gasteiger partial charge in [0.1, 0.15) is 30.5 Å². The molecule has 0 saturated heterocycles. The Kier molecular flexibility index (Phi) is 6.85. The lowest BCUT2D eigenvalue weighted by molar-refractivity contribution is 0.0451. The number of benzene rings is 3. The molecule has 0 spiro atoms. The van der Waals surface area contributed by atoms with Crippen molar-refractivity contribution in [3.05, 3.63) is 95.2 Å². The van der Waals surface area contributed by atoms with Crippen LogP contribution in [0.1, 0.15) is 40.5 Å². The minimum atomic E-state index is -0.369. The van der Waals surface area contributed by atoms with Gasteiger partial charge in [-0.05, 0) is 85.0 Å². The summed E-state index contributed by atoms with van der Waals surface area (Å²) in [5.41, 5.74) is 5.11. The van der Waals surface area contributed by atoms with E-state index in [1.807, 2.05) is 67.6 Å². The molecular formula is C30H27NO5. The molecule has 6 nitrogen and oxygen atoms in total. The number of phenols is 1. The number of pyridine rings is 1. The molecule has 1 aliphatic rings. The minimum absolute atomic E-state index is 0.133. The molecule has 0 atom stereocenters. The highest BCUT2D eigenvalue weighted by Gasteiger charge is 2.27. The van der Waals surface area contributed by atoms with E-state index in [-0.39, 0.29) is 24.9 Å². The third kappa shape index (κ3) is 5.03. The van der Waals surface area contributed by atoms with E-state index in [1.165, 1.54) is 0 Å². The van der Waals surface area contributed by atoms with Gasteiger partial charge in [-0.3, -0.25) is 0 Å². The lowest BCUT2D eigenvalue weighted by atomic mass is 10.0. The molecule has 6 heteroatoms. The van der Waals surface area contributed by atoms with Gasteiger partial charge < -0.3 is 19.3 Å². The Labute approximate surface area is 209 Å². The molecule has 0 amide bonds. The average Bonchev–Trinajstić information content (AvgIpc) is 3.29. The van der Waals surface area contributed by atoms with Crippen molar-refractivity contribution in [1.82, 2.24) is 4.98 Å². The standard InChI is InChI=1S/C30H27NO5/c1-2-34-23-12-14-24(15-13-23)35-17-18-36-30(33)28-25-5-3-4-6-27(25)31-29-21(9-16-26(28)29)19-20-7-10-22(32)11-8-20/h3-8,10-15,19,32H,2,9,16-18H2,1H3/b21-19+. The maximum atomic E-state index is 13.3. The molecule has 0 fully saturated rings. The lowest BCUT2D eigenvalue weighted by Crippen LogP contribution is -2.15. The number of rotatable bonds is 8. The summed E-state index contributed by atoms with van der Waals surface area (Å²) < 4.78 is 16.8. The number of hydrogen-bond donors (Lipinski definition) is 1. The Morgan fingerprint density at radius 3 is 2.39 bits per heavy atom. The number of fused-ring (bicyclic) bond motifs is 2. The Bertz CT molecular complexity index is 1410. The maximum Gasteiger partial charge on any atom is 0.339 e. The number of carbonyl (C=O) groups excluding carboxylic acids is 1. The molecule has 1 heterocycles. The molecule has 36 heavy (non-hydrogen) atoms. The van der Waals surface area contributed by atoms with Crippen molar-refractivity contribution in [3.63, 3.8) is 0 Å². The van der Waals surface area contributed by atoms with Gasteiger partial charge in [-0.25, -0.2) is 9.78 Å². The van der Waals surface area contributed by atoms with Crippen molar-refractivity contribution >= 4 is 28.5 Å². The second kappa shape index (κ2) is 10.5. The molecule has 0 bridgehead atoms. The van der Waals surface area contributed by atoms with Gasteiger partial charge in [-0.15, -0.1) is 0 Å². The Morgan fingerprint density at radius 2 is 1.64 bits per heavy atom. The summed E-state index contributed by atoms with van der Waals surface area (Å²) in [5, 5.41) is 10.4. The first-order valence-electron chi connectivity index (χ1n) is 12.1. The predicted octanol–water partition coefficient (Wildman–Crippen LogP) is 6.06. The van der Waals surface area contributed by atoms with Crippen LogP contribution < -0.4 is 9.47 Å². The van der Waals surface area contributed by atoms with Gasteiger partial charge in [-0.1, -0.05) is 30.3 Å². The number of ether oxygens (including phenoxy) is 3. The number of aromatic hydroxyl groups is 1. The summed E-state index contributed by atoms with van der Waals surface area (Å²) in [6.07, 6.45) is 3.55. The zero-order chi connectivity index (χ0) is 24.9. The van der Waals surface area contributed by atoms with Gasteiger partial charge in [0.15, 0.2) is 0 Å². The van der Waals surface area contributed by atoms with E-state index >= 15 is 0 Å². The first-order chi connectivity index (χ1) is 17.6. The van der Waals surface area contributed by atoms with Gasteiger partial charge >= 0.3 is 5.97 Å². The Balaban J connectivity index is 1.34. The number of nitrogens with zero attached hydrogens (tertiary/aromatic N) is 1. The quantitative estimate of drug-likeness (QED) is 0.243. The van der Waals surface area contributed by atoms with Gasteiger partial charge in [-0.2, -0.15) is 0 Å². The van der Waals surface area contributed by atoms with Crippen LogP contribution in [0.4, 0.5) is 0 Å². The third-order valence-corrected chi connectivity index (χ3v) is 6.10. The van der Waals surface area contributed by atoms with Crippen LogP contribution in [-0.4, -0.2) is 35.9 Å². The molecule has 1 aromatic heterocycles. The van der Waals surface area contributed by atoms with Crippen molar-refractivity contribution < 1.29 is 24.1 Å². The number of phenolic OH excluding ortho intramolecular Hbond substituents is 1. The minimum Gasteiger partial charge on any atom is -0.508 e. The number of carbonyl (C=O) groups is 1. The fraction of sp³-hybridized carbons (Fsp3) is 0.200. The highest BCUT2D eigenvalue weighted by atomic mass is 16.6. The fourth-order valence-electron chi connectivity index (χ4n) is 4.45. The number of para-hydroxylation sites is 1. The Hall–Kier alpha value is -4.32.